The summed E-state index contributed by atoms with van der Waals surface area (Å²) in [5.74, 6) is 1.06. The Morgan fingerprint density at radius 1 is 1.25 bits per heavy atom. The third-order valence-corrected chi connectivity index (χ3v) is 5.24. The summed E-state index contributed by atoms with van der Waals surface area (Å²) in [5, 5.41) is 0. The fraction of sp³-hybridized carbons (Fsp3) is 0.556. The number of ether oxygens (including phenoxy) is 1. The molecule has 0 aliphatic carbocycles. The zero-order chi connectivity index (χ0) is 17.3. The molecule has 0 saturated carbocycles. The number of likely N-dealkylation sites (tertiary alicyclic amines) is 1. The predicted molar refractivity (Wildman–Crippen MR) is 91.8 cm³/mol. The third kappa shape index (κ3) is 2.65. The molecule has 6 heteroatoms. The molecule has 0 aromatic carbocycles. The van der Waals surface area contributed by atoms with Crippen LogP contribution in [0.25, 0.3) is 0 Å². The van der Waals surface area contributed by atoms with E-state index in [1.807, 2.05) is 46.6 Å². The Balaban J connectivity index is 1.77. The van der Waals surface area contributed by atoms with Gasteiger partial charge in [0.25, 0.3) is 5.91 Å². The summed E-state index contributed by atoms with van der Waals surface area (Å²) in [4.78, 5) is 19.3. The van der Waals surface area contributed by atoms with Crippen molar-refractivity contribution in [1.29, 1.82) is 0 Å². The first kappa shape index (κ1) is 16.8. The molecule has 1 aliphatic rings. The largest absolute Gasteiger partial charge is 0.370 e. The lowest BCUT2D eigenvalue weighted by atomic mass is 9.89. The Morgan fingerprint density at radius 3 is 2.50 bits per heavy atom. The van der Waals surface area contributed by atoms with Gasteiger partial charge in [-0.2, -0.15) is 0 Å². The maximum Gasteiger partial charge on any atom is 0.255 e. The Morgan fingerprint density at radius 2 is 1.96 bits per heavy atom. The summed E-state index contributed by atoms with van der Waals surface area (Å²) >= 11 is 0. The number of nitrogens with zero attached hydrogens (tertiary/aromatic N) is 4. The van der Waals surface area contributed by atoms with E-state index in [0.717, 1.165) is 36.3 Å². The summed E-state index contributed by atoms with van der Waals surface area (Å²) in [5.41, 5.74) is 1.51. The van der Waals surface area contributed by atoms with Crippen LogP contribution < -0.4 is 0 Å². The van der Waals surface area contributed by atoms with Crippen molar-refractivity contribution in [3.63, 3.8) is 0 Å². The molecule has 130 valence electrons. The van der Waals surface area contributed by atoms with Crippen LogP contribution in [0.3, 0.4) is 0 Å². The average Bonchev–Trinajstić information content (AvgIpc) is 3.20. The maximum absolute atomic E-state index is 12.9. The molecule has 0 radical (unpaired) electrons. The van der Waals surface area contributed by atoms with Crippen molar-refractivity contribution in [2.24, 2.45) is 14.1 Å². The predicted octanol–water partition coefficient (Wildman–Crippen LogP) is 2.10. The first-order valence-corrected chi connectivity index (χ1v) is 8.49. The van der Waals surface area contributed by atoms with Crippen LogP contribution in [0, 0.1) is 0 Å². The van der Waals surface area contributed by atoms with Crippen molar-refractivity contribution < 1.29 is 9.53 Å². The number of rotatable bonds is 4. The van der Waals surface area contributed by atoms with E-state index in [1.165, 1.54) is 0 Å². The molecule has 0 N–H and O–H groups in total. The van der Waals surface area contributed by atoms with Crippen LogP contribution in [0.15, 0.2) is 24.7 Å². The molecule has 0 atom stereocenters. The minimum absolute atomic E-state index is 0.122. The average molecular weight is 330 g/mol. The van der Waals surface area contributed by atoms with E-state index < -0.39 is 5.60 Å². The highest BCUT2D eigenvalue weighted by Gasteiger charge is 2.40. The van der Waals surface area contributed by atoms with Gasteiger partial charge in [-0.1, -0.05) is 6.92 Å². The summed E-state index contributed by atoms with van der Waals surface area (Å²) in [6.07, 6.45) is 8.07. The Labute approximate surface area is 143 Å². The molecule has 2 aromatic heterocycles. The van der Waals surface area contributed by atoms with E-state index in [9.17, 15) is 4.79 Å². The van der Waals surface area contributed by atoms with Crippen LogP contribution in [0.1, 0.15) is 41.6 Å². The quantitative estimate of drug-likeness (QED) is 0.863. The van der Waals surface area contributed by atoms with Gasteiger partial charge in [-0.3, -0.25) is 4.79 Å². The summed E-state index contributed by atoms with van der Waals surface area (Å²) in [6.45, 7) is 3.44. The maximum atomic E-state index is 12.9. The molecular formula is C18H26N4O2. The Bertz CT molecular complexity index is 723. The Hall–Kier alpha value is -2.08. The van der Waals surface area contributed by atoms with Crippen LogP contribution in [0.4, 0.5) is 0 Å². The molecule has 3 rings (SSSR count). The first-order valence-electron chi connectivity index (χ1n) is 8.49. The summed E-state index contributed by atoms with van der Waals surface area (Å²) in [6, 6.07) is 1.93. The zero-order valence-corrected chi connectivity index (χ0v) is 15.0. The molecule has 0 bridgehead atoms. The van der Waals surface area contributed by atoms with Gasteiger partial charge < -0.3 is 18.8 Å². The van der Waals surface area contributed by atoms with E-state index in [-0.39, 0.29) is 5.91 Å². The topological polar surface area (TPSA) is 52.3 Å². The monoisotopic (exact) mass is 330 g/mol. The number of methoxy groups -OCH3 is 1. The number of hydrogen-bond acceptors (Lipinski definition) is 3. The lowest BCUT2D eigenvalue weighted by Crippen LogP contribution is -2.47. The first-order chi connectivity index (χ1) is 11.5. The van der Waals surface area contributed by atoms with Gasteiger partial charge in [0, 0.05) is 71.4 Å². The molecule has 1 amide bonds. The number of hydrogen-bond donors (Lipinski definition) is 0. The number of piperidine rings is 1. The minimum Gasteiger partial charge on any atom is -0.370 e. The minimum atomic E-state index is -0.403. The smallest absolute Gasteiger partial charge is 0.255 e. The normalized spacial score (nSPS) is 17.2. The second kappa shape index (κ2) is 6.43. The Kier molecular flexibility index (Phi) is 4.49. The van der Waals surface area contributed by atoms with Gasteiger partial charge in [0.1, 0.15) is 11.4 Å². The van der Waals surface area contributed by atoms with Crippen LogP contribution >= 0.6 is 0 Å². The molecule has 0 unspecified atom stereocenters. The molecule has 1 fully saturated rings. The van der Waals surface area contributed by atoms with Gasteiger partial charge in [0.15, 0.2) is 0 Å². The molecule has 6 nitrogen and oxygen atoms in total. The van der Waals surface area contributed by atoms with Crippen molar-refractivity contribution in [3.05, 3.63) is 41.7 Å². The molecule has 1 aliphatic heterocycles. The highest BCUT2D eigenvalue weighted by molar-refractivity contribution is 5.95. The van der Waals surface area contributed by atoms with Crippen LogP contribution in [0.2, 0.25) is 0 Å². The lowest BCUT2D eigenvalue weighted by Gasteiger charge is -2.40. The van der Waals surface area contributed by atoms with Crippen molar-refractivity contribution >= 4 is 5.91 Å². The van der Waals surface area contributed by atoms with Gasteiger partial charge in [-0.15, -0.1) is 0 Å². The number of aromatic nitrogens is 3. The highest BCUT2D eigenvalue weighted by atomic mass is 16.5. The van der Waals surface area contributed by atoms with E-state index in [0.29, 0.717) is 13.1 Å². The number of aryl methyl sites for hydroxylation is 2. The molecule has 0 spiro atoms. The van der Waals surface area contributed by atoms with Gasteiger partial charge in [0.2, 0.25) is 0 Å². The van der Waals surface area contributed by atoms with Crippen molar-refractivity contribution in [2.45, 2.75) is 31.8 Å². The van der Waals surface area contributed by atoms with E-state index >= 15 is 0 Å². The number of carbonyl (C=O) groups is 1. The van der Waals surface area contributed by atoms with E-state index in [2.05, 4.69) is 11.9 Å². The third-order valence-electron chi connectivity index (χ3n) is 5.24. The second-order valence-corrected chi connectivity index (χ2v) is 6.49. The summed E-state index contributed by atoms with van der Waals surface area (Å²) in [7, 11) is 5.71. The van der Waals surface area contributed by atoms with Gasteiger partial charge in [0.05, 0.1) is 5.56 Å². The lowest BCUT2D eigenvalue weighted by molar-refractivity contribution is -0.0654. The van der Waals surface area contributed by atoms with Crippen molar-refractivity contribution in [1.82, 2.24) is 19.0 Å². The molecule has 2 aromatic rings. The van der Waals surface area contributed by atoms with Gasteiger partial charge in [-0.25, -0.2) is 4.98 Å². The molecule has 3 heterocycles. The van der Waals surface area contributed by atoms with Gasteiger partial charge in [-0.05, 0) is 12.5 Å². The van der Waals surface area contributed by atoms with E-state index in [4.69, 9.17) is 4.74 Å². The fourth-order valence-corrected chi connectivity index (χ4v) is 3.76. The molecule has 24 heavy (non-hydrogen) atoms. The van der Waals surface area contributed by atoms with Crippen LogP contribution in [-0.4, -0.2) is 45.1 Å². The summed E-state index contributed by atoms with van der Waals surface area (Å²) < 4.78 is 9.90. The van der Waals surface area contributed by atoms with Crippen molar-refractivity contribution in [3.8, 4) is 0 Å². The SMILES string of the molecule is CCc1c(C(=O)N2CCC(OC)(c3nccn3C)CC2)ccn1C. The molecular weight excluding hydrogens is 304 g/mol. The number of carbonyl (C=O) groups excluding carboxylic acids is 1. The second-order valence-electron chi connectivity index (χ2n) is 6.49. The van der Waals surface area contributed by atoms with Crippen LogP contribution in [0.5, 0.6) is 0 Å². The standard InChI is InChI=1S/C18H26N4O2/c1-5-15-14(6-10-20(15)2)16(23)22-11-7-18(24-4,8-12-22)17-19-9-13-21(17)3/h6,9-10,13H,5,7-8,11-12H2,1-4H3. The zero-order valence-electron chi connectivity index (χ0n) is 15.0. The number of amides is 1. The fourth-order valence-electron chi connectivity index (χ4n) is 3.76. The number of imidazole rings is 1. The highest BCUT2D eigenvalue weighted by Crippen LogP contribution is 2.35. The molecule has 1 saturated heterocycles. The van der Waals surface area contributed by atoms with Crippen LogP contribution in [-0.2, 0) is 30.9 Å². The van der Waals surface area contributed by atoms with Crippen molar-refractivity contribution in [2.75, 3.05) is 20.2 Å². The van der Waals surface area contributed by atoms with E-state index in [1.54, 1.807) is 13.3 Å². The van der Waals surface area contributed by atoms with Gasteiger partial charge >= 0.3 is 0 Å².